The van der Waals surface area contributed by atoms with Gasteiger partial charge in [-0.1, -0.05) is 24.3 Å². The van der Waals surface area contributed by atoms with E-state index in [2.05, 4.69) is 41.5 Å². The van der Waals surface area contributed by atoms with Crippen molar-refractivity contribution in [3.63, 3.8) is 0 Å². The number of nitrogens with zero attached hydrogens (tertiary/aromatic N) is 1. The maximum atomic E-state index is 5.52. The van der Waals surface area contributed by atoms with Crippen LogP contribution in [0.5, 0.6) is 0 Å². The van der Waals surface area contributed by atoms with Crippen LogP contribution in [0, 0.1) is 6.92 Å². The molecule has 1 fully saturated rings. The van der Waals surface area contributed by atoms with Gasteiger partial charge in [-0.25, -0.2) is 4.98 Å². The highest BCUT2D eigenvalue weighted by molar-refractivity contribution is 5.28. The first kappa shape index (κ1) is 12.4. The molecule has 1 aromatic heterocycles. The summed E-state index contributed by atoms with van der Waals surface area (Å²) in [6.45, 7) is 4.83. The summed E-state index contributed by atoms with van der Waals surface area (Å²) >= 11 is 0. The van der Waals surface area contributed by atoms with E-state index in [0.717, 1.165) is 24.1 Å². The molecule has 1 atom stereocenters. The predicted molar refractivity (Wildman–Crippen MR) is 74.9 cm³/mol. The molecular formula is C16H20N2O. The molecule has 3 heteroatoms. The lowest BCUT2D eigenvalue weighted by molar-refractivity contribution is 0.402. The van der Waals surface area contributed by atoms with Crippen molar-refractivity contribution in [1.29, 1.82) is 0 Å². The van der Waals surface area contributed by atoms with Gasteiger partial charge in [0, 0.05) is 6.54 Å². The van der Waals surface area contributed by atoms with Gasteiger partial charge in [0.25, 0.3) is 0 Å². The van der Waals surface area contributed by atoms with E-state index < -0.39 is 0 Å². The van der Waals surface area contributed by atoms with Gasteiger partial charge in [0.1, 0.15) is 5.76 Å². The third-order valence-electron chi connectivity index (χ3n) is 3.65. The van der Waals surface area contributed by atoms with Crippen molar-refractivity contribution in [3.05, 3.63) is 53.2 Å². The molecule has 3 rings (SSSR count). The molecule has 19 heavy (non-hydrogen) atoms. The van der Waals surface area contributed by atoms with E-state index in [9.17, 15) is 0 Å². The number of hydrogen-bond acceptors (Lipinski definition) is 3. The summed E-state index contributed by atoms with van der Waals surface area (Å²) in [5.41, 5.74) is 2.79. The Hall–Kier alpha value is -1.61. The van der Waals surface area contributed by atoms with Crippen LogP contribution in [0.3, 0.4) is 0 Å². The van der Waals surface area contributed by atoms with Crippen LogP contribution >= 0.6 is 0 Å². The molecule has 0 bridgehead atoms. The largest absolute Gasteiger partial charge is 0.444 e. The van der Waals surface area contributed by atoms with E-state index in [4.69, 9.17) is 4.42 Å². The Morgan fingerprint density at radius 1 is 1.32 bits per heavy atom. The van der Waals surface area contributed by atoms with E-state index in [0.29, 0.717) is 0 Å². The lowest BCUT2D eigenvalue weighted by Crippen LogP contribution is -2.18. The summed E-state index contributed by atoms with van der Waals surface area (Å²) in [5, 5.41) is 3.44. The van der Waals surface area contributed by atoms with Crippen LogP contribution < -0.4 is 5.32 Å². The number of hydrogen-bond donors (Lipinski definition) is 1. The Labute approximate surface area is 114 Å². The molecule has 2 aromatic rings. The molecule has 1 N–H and O–H groups in total. The first-order valence-corrected chi connectivity index (χ1v) is 6.97. The van der Waals surface area contributed by atoms with Crippen molar-refractivity contribution in [1.82, 2.24) is 10.3 Å². The molecule has 1 heterocycles. The van der Waals surface area contributed by atoms with Crippen molar-refractivity contribution in [2.75, 3.05) is 0 Å². The highest BCUT2D eigenvalue weighted by Gasteiger charge is 2.22. The minimum absolute atomic E-state index is 0.136. The molecule has 100 valence electrons. The van der Waals surface area contributed by atoms with Crippen molar-refractivity contribution < 1.29 is 4.42 Å². The minimum Gasteiger partial charge on any atom is -0.444 e. The van der Waals surface area contributed by atoms with E-state index in [1.165, 1.54) is 24.0 Å². The van der Waals surface area contributed by atoms with Gasteiger partial charge in [0.2, 0.25) is 5.89 Å². The zero-order chi connectivity index (χ0) is 13.2. The zero-order valence-corrected chi connectivity index (χ0v) is 11.5. The van der Waals surface area contributed by atoms with Crippen molar-refractivity contribution >= 4 is 0 Å². The second-order valence-corrected chi connectivity index (χ2v) is 5.43. The van der Waals surface area contributed by atoms with Gasteiger partial charge < -0.3 is 9.73 Å². The van der Waals surface area contributed by atoms with Crippen LogP contribution in [0.1, 0.15) is 54.5 Å². The third-order valence-corrected chi connectivity index (χ3v) is 3.65. The van der Waals surface area contributed by atoms with Crippen molar-refractivity contribution in [3.8, 4) is 0 Å². The maximum absolute atomic E-state index is 5.52. The second kappa shape index (κ2) is 5.17. The van der Waals surface area contributed by atoms with Gasteiger partial charge >= 0.3 is 0 Å². The van der Waals surface area contributed by atoms with Gasteiger partial charge in [-0.05, 0) is 43.7 Å². The summed E-state index contributed by atoms with van der Waals surface area (Å²) in [6, 6.07) is 9.09. The normalized spacial score (nSPS) is 16.5. The first-order valence-electron chi connectivity index (χ1n) is 6.97. The first-order chi connectivity index (χ1) is 9.22. The van der Waals surface area contributed by atoms with Gasteiger partial charge in [0.15, 0.2) is 0 Å². The average Bonchev–Trinajstić information content (AvgIpc) is 3.19. The molecule has 0 radical (unpaired) electrons. The van der Waals surface area contributed by atoms with Gasteiger partial charge in [-0.3, -0.25) is 0 Å². The Bertz CT molecular complexity index is 540. The standard InChI is InChI=1S/C16H20N2O/c1-11-9-18-16(19-11)12(2)17-10-13-3-5-14(6-4-13)15-7-8-15/h3-6,9,12,15,17H,7-8,10H2,1-2H3. The molecule has 1 aliphatic carbocycles. The Balaban J connectivity index is 1.56. The highest BCUT2D eigenvalue weighted by atomic mass is 16.4. The summed E-state index contributed by atoms with van der Waals surface area (Å²) in [4.78, 5) is 4.24. The van der Waals surface area contributed by atoms with Gasteiger partial charge in [-0.2, -0.15) is 0 Å². The predicted octanol–water partition coefficient (Wildman–Crippen LogP) is 3.71. The lowest BCUT2D eigenvalue weighted by atomic mass is 10.1. The molecule has 1 aromatic carbocycles. The summed E-state index contributed by atoms with van der Waals surface area (Å²) < 4.78 is 5.52. The Morgan fingerprint density at radius 3 is 2.63 bits per heavy atom. The summed E-state index contributed by atoms with van der Waals surface area (Å²) in [7, 11) is 0. The third kappa shape index (κ3) is 3.04. The smallest absolute Gasteiger partial charge is 0.211 e. The second-order valence-electron chi connectivity index (χ2n) is 5.43. The van der Waals surface area contributed by atoms with Crippen LogP contribution in [0.25, 0.3) is 0 Å². The summed E-state index contributed by atoms with van der Waals surface area (Å²) in [5.74, 6) is 2.45. The molecular weight excluding hydrogens is 236 g/mol. The lowest BCUT2D eigenvalue weighted by Gasteiger charge is -2.10. The molecule has 1 saturated carbocycles. The minimum atomic E-state index is 0.136. The number of aromatic nitrogens is 1. The Morgan fingerprint density at radius 2 is 2.05 bits per heavy atom. The maximum Gasteiger partial charge on any atom is 0.211 e. The van der Waals surface area contributed by atoms with Gasteiger partial charge in [0.05, 0.1) is 12.2 Å². The van der Waals surface area contributed by atoms with E-state index in [-0.39, 0.29) is 6.04 Å². The number of nitrogens with one attached hydrogen (secondary N) is 1. The Kier molecular flexibility index (Phi) is 3.38. The van der Waals surface area contributed by atoms with E-state index >= 15 is 0 Å². The monoisotopic (exact) mass is 256 g/mol. The number of aryl methyl sites for hydroxylation is 1. The molecule has 0 saturated heterocycles. The van der Waals surface area contributed by atoms with Crippen LogP contribution in [0.4, 0.5) is 0 Å². The SMILES string of the molecule is Cc1cnc(C(C)NCc2ccc(C3CC3)cc2)o1. The van der Waals surface area contributed by atoms with Crippen LogP contribution in [0.15, 0.2) is 34.9 Å². The topological polar surface area (TPSA) is 38.1 Å². The number of rotatable bonds is 5. The molecule has 1 unspecified atom stereocenters. The fourth-order valence-corrected chi connectivity index (χ4v) is 2.25. The number of oxazole rings is 1. The summed E-state index contributed by atoms with van der Waals surface area (Å²) in [6.07, 6.45) is 4.48. The van der Waals surface area contributed by atoms with Crippen molar-refractivity contribution in [2.45, 2.75) is 45.2 Å². The van der Waals surface area contributed by atoms with Crippen LogP contribution in [-0.2, 0) is 6.54 Å². The quantitative estimate of drug-likeness (QED) is 0.886. The molecule has 1 aliphatic rings. The van der Waals surface area contributed by atoms with E-state index in [1.54, 1.807) is 6.20 Å². The van der Waals surface area contributed by atoms with Gasteiger partial charge in [-0.15, -0.1) is 0 Å². The van der Waals surface area contributed by atoms with Crippen molar-refractivity contribution in [2.24, 2.45) is 0 Å². The molecule has 0 amide bonds. The zero-order valence-electron chi connectivity index (χ0n) is 11.5. The molecule has 3 nitrogen and oxygen atoms in total. The fourth-order valence-electron chi connectivity index (χ4n) is 2.25. The van der Waals surface area contributed by atoms with Crippen LogP contribution in [-0.4, -0.2) is 4.98 Å². The fraction of sp³-hybridized carbons (Fsp3) is 0.438. The highest BCUT2D eigenvalue weighted by Crippen LogP contribution is 2.39. The molecule has 0 aliphatic heterocycles. The molecule has 0 spiro atoms. The average molecular weight is 256 g/mol. The number of benzene rings is 1. The van der Waals surface area contributed by atoms with E-state index in [1.807, 2.05) is 6.92 Å². The van der Waals surface area contributed by atoms with Crippen LogP contribution in [0.2, 0.25) is 0 Å².